The van der Waals surface area contributed by atoms with E-state index in [1.54, 1.807) is 30.3 Å². The molecule has 7 heteroatoms. The van der Waals surface area contributed by atoms with E-state index >= 15 is 0 Å². The molecule has 1 aromatic carbocycles. The van der Waals surface area contributed by atoms with Gasteiger partial charge in [-0.3, -0.25) is 14.4 Å². The number of hydrogen-bond acceptors (Lipinski definition) is 5. The maximum Gasteiger partial charge on any atom is 0.274 e. The van der Waals surface area contributed by atoms with Crippen LogP contribution in [0.15, 0.2) is 42.5 Å². The molecule has 1 heterocycles. The summed E-state index contributed by atoms with van der Waals surface area (Å²) in [4.78, 5) is 39.6. The lowest BCUT2D eigenvalue weighted by Crippen LogP contribution is -2.28. The summed E-state index contributed by atoms with van der Waals surface area (Å²) in [7, 11) is 1.54. The predicted molar refractivity (Wildman–Crippen MR) is 92.8 cm³/mol. The van der Waals surface area contributed by atoms with E-state index in [9.17, 15) is 14.4 Å². The van der Waals surface area contributed by atoms with Crippen molar-refractivity contribution in [1.82, 2.24) is 10.3 Å². The van der Waals surface area contributed by atoms with Gasteiger partial charge in [0.1, 0.15) is 11.4 Å². The number of benzene rings is 1. The highest BCUT2D eigenvalue weighted by Crippen LogP contribution is 2.11. The molecule has 130 valence electrons. The van der Waals surface area contributed by atoms with Gasteiger partial charge in [-0.2, -0.15) is 0 Å². The molecule has 0 bridgehead atoms. The van der Waals surface area contributed by atoms with Crippen molar-refractivity contribution in [1.29, 1.82) is 0 Å². The van der Waals surface area contributed by atoms with E-state index in [4.69, 9.17) is 4.74 Å². The Morgan fingerprint density at radius 1 is 1.00 bits per heavy atom. The van der Waals surface area contributed by atoms with Gasteiger partial charge in [0.05, 0.1) is 6.61 Å². The topological polar surface area (TPSA) is 97.4 Å². The van der Waals surface area contributed by atoms with Crippen LogP contribution < -0.4 is 10.6 Å². The van der Waals surface area contributed by atoms with Crippen LogP contribution in [0.4, 0.5) is 5.69 Å². The fourth-order valence-electron chi connectivity index (χ4n) is 2.03. The Morgan fingerprint density at radius 3 is 2.24 bits per heavy atom. The molecule has 0 aliphatic heterocycles. The number of Topliss-reactive ketones (excluding diaryl/α,β-unsaturated/α-hetero) is 1. The van der Waals surface area contributed by atoms with Crippen LogP contribution in [0, 0.1) is 0 Å². The van der Waals surface area contributed by atoms with E-state index in [0.29, 0.717) is 24.4 Å². The summed E-state index contributed by atoms with van der Waals surface area (Å²) in [5.74, 6) is -0.869. The van der Waals surface area contributed by atoms with Gasteiger partial charge in [-0.1, -0.05) is 6.07 Å². The van der Waals surface area contributed by atoms with Crippen molar-refractivity contribution < 1.29 is 19.1 Å². The molecular formula is C18H19N3O4. The Hall–Kier alpha value is -3.06. The summed E-state index contributed by atoms with van der Waals surface area (Å²) in [5, 5.41) is 5.32. The average Bonchev–Trinajstić information content (AvgIpc) is 2.62. The Kier molecular flexibility index (Phi) is 6.36. The minimum absolute atomic E-state index is 0.0493. The number of nitrogens with zero attached hydrogens (tertiary/aromatic N) is 1. The number of ketones is 1. The van der Waals surface area contributed by atoms with Crippen LogP contribution in [-0.4, -0.2) is 42.8 Å². The number of rotatable bonds is 7. The summed E-state index contributed by atoms with van der Waals surface area (Å²) in [6.07, 6.45) is 0. The van der Waals surface area contributed by atoms with Gasteiger partial charge in [-0.25, -0.2) is 4.98 Å². The first kappa shape index (κ1) is 18.3. The third kappa shape index (κ3) is 5.22. The van der Waals surface area contributed by atoms with E-state index in [1.807, 2.05) is 0 Å². The van der Waals surface area contributed by atoms with Gasteiger partial charge < -0.3 is 15.4 Å². The largest absolute Gasteiger partial charge is 0.383 e. The molecule has 0 spiro atoms. The number of ether oxygens (including phenoxy) is 1. The van der Waals surface area contributed by atoms with Gasteiger partial charge in [0, 0.05) is 24.9 Å². The van der Waals surface area contributed by atoms with Crippen molar-refractivity contribution in [2.24, 2.45) is 0 Å². The number of carbonyl (C=O) groups excluding carboxylic acids is 3. The second kappa shape index (κ2) is 8.70. The fraction of sp³-hybridized carbons (Fsp3) is 0.222. The average molecular weight is 341 g/mol. The number of amides is 2. The van der Waals surface area contributed by atoms with Gasteiger partial charge in [0.25, 0.3) is 11.8 Å². The number of methoxy groups -OCH3 is 1. The molecular weight excluding hydrogens is 322 g/mol. The lowest BCUT2D eigenvalue weighted by atomic mass is 10.1. The molecule has 0 atom stereocenters. The van der Waals surface area contributed by atoms with Crippen LogP contribution in [0.3, 0.4) is 0 Å². The molecule has 1 aromatic heterocycles. The first-order chi connectivity index (χ1) is 12.0. The van der Waals surface area contributed by atoms with Crippen LogP contribution in [-0.2, 0) is 4.74 Å². The zero-order valence-corrected chi connectivity index (χ0v) is 14.0. The van der Waals surface area contributed by atoms with Gasteiger partial charge in [0.15, 0.2) is 5.78 Å². The van der Waals surface area contributed by atoms with Gasteiger partial charge >= 0.3 is 0 Å². The van der Waals surface area contributed by atoms with Gasteiger partial charge in [-0.05, 0) is 43.3 Å². The van der Waals surface area contributed by atoms with E-state index < -0.39 is 5.91 Å². The predicted octanol–water partition coefficient (Wildman–Crippen LogP) is 1.91. The summed E-state index contributed by atoms with van der Waals surface area (Å²) >= 11 is 0. The molecule has 2 aromatic rings. The quantitative estimate of drug-likeness (QED) is 0.592. The highest BCUT2D eigenvalue weighted by Gasteiger charge is 2.12. The summed E-state index contributed by atoms with van der Waals surface area (Å²) in [6.45, 7) is 2.22. The zero-order valence-electron chi connectivity index (χ0n) is 14.0. The third-order valence-electron chi connectivity index (χ3n) is 3.36. The standard InChI is InChI=1S/C18H19N3O4/c1-12(22)13-6-8-14(9-7-13)20-18(24)16-5-3-4-15(21-16)17(23)19-10-11-25-2/h3-9H,10-11H2,1-2H3,(H,19,23)(H,20,24). The number of nitrogens with one attached hydrogen (secondary N) is 2. The molecule has 7 nitrogen and oxygen atoms in total. The number of pyridine rings is 1. The van der Waals surface area contributed by atoms with E-state index in [0.717, 1.165) is 0 Å². The Morgan fingerprint density at radius 2 is 1.64 bits per heavy atom. The fourth-order valence-corrected chi connectivity index (χ4v) is 2.03. The van der Waals surface area contributed by atoms with Crippen LogP contribution >= 0.6 is 0 Å². The molecule has 2 rings (SSSR count). The summed E-state index contributed by atoms with van der Waals surface area (Å²) < 4.78 is 4.86. The van der Waals surface area contributed by atoms with Crippen LogP contribution in [0.1, 0.15) is 38.3 Å². The number of aromatic nitrogens is 1. The van der Waals surface area contributed by atoms with Gasteiger partial charge in [0.2, 0.25) is 0 Å². The SMILES string of the molecule is COCCNC(=O)c1cccc(C(=O)Nc2ccc(C(C)=O)cc2)n1. The molecule has 2 amide bonds. The number of hydrogen-bond donors (Lipinski definition) is 2. The smallest absolute Gasteiger partial charge is 0.274 e. The van der Waals surface area contributed by atoms with E-state index in [1.165, 1.54) is 26.2 Å². The van der Waals surface area contributed by atoms with E-state index in [-0.39, 0.29) is 23.1 Å². The minimum atomic E-state index is -0.442. The molecule has 2 N–H and O–H groups in total. The Labute approximate surface area is 145 Å². The molecule has 25 heavy (non-hydrogen) atoms. The van der Waals surface area contributed by atoms with Crippen molar-refractivity contribution >= 4 is 23.3 Å². The van der Waals surface area contributed by atoms with Crippen LogP contribution in [0.2, 0.25) is 0 Å². The van der Waals surface area contributed by atoms with E-state index in [2.05, 4.69) is 15.6 Å². The second-order valence-corrected chi connectivity index (χ2v) is 5.24. The van der Waals surface area contributed by atoms with Crippen LogP contribution in [0.25, 0.3) is 0 Å². The maximum absolute atomic E-state index is 12.3. The first-order valence-electron chi connectivity index (χ1n) is 7.68. The highest BCUT2D eigenvalue weighted by atomic mass is 16.5. The maximum atomic E-state index is 12.3. The molecule has 0 fully saturated rings. The third-order valence-corrected chi connectivity index (χ3v) is 3.36. The molecule has 0 unspecified atom stereocenters. The Balaban J connectivity index is 2.05. The summed E-state index contributed by atoms with van der Waals surface area (Å²) in [5.41, 5.74) is 1.36. The monoisotopic (exact) mass is 341 g/mol. The van der Waals surface area contributed by atoms with Crippen molar-refractivity contribution in [2.75, 3.05) is 25.6 Å². The van der Waals surface area contributed by atoms with Gasteiger partial charge in [-0.15, -0.1) is 0 Å². The molecule has 0 aliphatic carbocycles. The zero-order chi connectivity index (χ0) is 18.2. The molecule has 0 radical (unpaired) electrons. The number of anilines is 1. The Bertz CT molecular complexity index is 772. The van der Waals surface area contributed by atoms with Crippen molar-refractivity contribution in [3.8, 4) is 0 Å². The van der Waals surface area contributed by atoms with Crippen LogP contribution in [0.5, 0.6) is 0 Å². The molecule has 0 saturated carbocycles. The lowest BCUT2D eigenvalue weighted by Gasteiger charge is -2.07. The molecule has 0 saturated heterocycles. The van der Waals surface area contributed by atoms with Crippen molar-refractivity contribution in [3.05, 3.63) is 59.4 Å². The number of carbonyl (C=O) groups is 3. The first-order valence-corrected chi connectivity index (χ1v) is 7.68. The normalized spacial score (nSPS) is 10.2. The lowest BCUT2D eigenvalue weighted by molar-refractivity contribution is 0.0931. The minimum Gasteiger partial charge on any atom is -0.383 e. The highest BCUT2D eigenvalue weighted by molar-refractivity contribution is 6.04. The summed E-state index contributed by atoms with van der Waals surface area (Å²) in [6, 6.07) is 11.2. The molecule has 0 aliphatic rings. The second-order valence-electron chi connectivity index (χ2n) is 5.24. The van der Waals surface area contributed by atoms with Crippen molar-refractivity contribution in [2.45, 2.75) is 6.92 Å². The van der Waals surface area contributed by atoms with Crippen molar-refractivity contribution in [3.63, 3.8) is 0 Å².